The molecule has 2 aromatic rings. The van der Waals surface area contributed by atoms with Gasteiger partial charge in [0.1, 0.15) is 4.21 Å². The summed E-state index contributed by atoms with van der Waals surface area (Å²) >= 11 is 4.31. The molecule has 5 nitrogen and oxygen atoms in total. The molecular formula is C13H12BrNO4S2. The van der Waals surface area contributed by atoms with Gasteiger partial charge in [-0.1, -0.05) is 18.2 Å². The Morgan fingerprint density at radius 1 is 1.33 bits per heavy atom. The van der Waals surface area contributed by atoms with Crippen molar-refractivity contribution in [1.82, 2.24) is 4.90 Å². The molecular weight excluding hydrogens is 378 g/mol. The number of thiophene rings is 1. The van der Waals surface area contributed by atoms with Gasteiger partial charge in [-0.25, -0.2) is 13.2 Å². The summed E-state index contributed by atoms with van der Waals surface area (Å²) in [7, 11) is -2.17. The molecule has 0 aliphatic carbocycles. The largest absolute Gasteiger partial charge is 0.465 e. The molecule has 1 aromatic carbocycles. The molecule has 0 aliphatic rings. The van der Waals surface area contributed by atoms with Crippen LogP contribution >= 0.6 is 27.3 Å². The number of nitrogens with zero attached hydrogens (tertiary/aromatic N) is 1. The zero-order valence-corrected chi connectivity index (χ0v) is 14.2. The molecule has 1 amide bonds. The van der Waals surface area contributed by atoms with Gasteiger partial charge in [-0.15, -0.1) is 11.3 Å². The van der Waals surface area contributed by atoms with E-state index >= 15 is 0 Å². The fourth-order valence-electron chi connectivity index (χ4n) is 1.67. The summed E-state index contributed by atoms with van der Waals surface area (Å²) in [6, 6.07) is 9.77. The molecule has 0 aliphatic heterocycles. The van der Waals surface area contributed by atoms with Crippen LogP contribution in [0.15, 0.2) is 50.0 Å². The fraction of sp³-hybridized carbons (Fsp3) is 0.154. The summed E-state index contributed by atoms with van der Waals surface area (Å²) < 4.78 is 25.7. The number of amides is 1. The third kappa shape index (κ3) is 3.45. The number of benzene rings is 1. The standard InChI is InChI=1S/C13H12BrNO4S2/c1-15(13(16)17)8-9-7-11(14)12(20-9)21(18,19)10-5-3-2-4-6-10/h2-7H,8H2,1H3,(H,16,17). The van der Waals surface area contributed by atoms with Gasteiger partial charge in [0.05, 0.1) is 11.4 Å². The summed E-state index contributed by atoms with van der Waals surface area (Å²) in [5.41, 5.74) is 0. The quantitative estimate of drug-likeness (QED) is 0.868. The summed E-state index contributed by atoms with van der Waals surface area (Å²) in [6.07, 6.45) is -1.06. The highest BCUT2D eigenvalue weighted by molar-refractivity contribution is 9.10. The molecule has 21 heavy (non-hydrogen) atoms. The van der Waals surface area contributed by atoms with Crippen molar-refractivity contribution < 1.29 is 18.3 Å². The SMILES string of the molecule is CN(Cc1cc(Br)c(S(=O)(=O)c2ccccc2)s1)C(=O)O. The first-order valence-corrected chi connectivity index (χ1v) is 8.94. The molecule has 0 atom stereocenters. The summed E-state index contributed by atoms with van der Waals surface area (Å²) in [6.45, 7) is 0.142. The molecule has 0 spiro atoms. The predicted molar refractivity (Wildman–Crippen MR) is 83.4 cm³/mol. The van der Waals surface area contributed by atoms with E-state index in [1.807, 2.05) is 0 Å². The van der Waals surface area contributed by atoms with Gasteiger partial charge in [0, 0.05) is 16.4 Å². The Bertz CT molecular complexity index is 756. The topological polar surface area (TPSA) is 74.7 Å². The minimum absolute atomic E-state index is 0.142. The van der Waals surface area contributed by atoms with Gasteiger partial charge in [-0.3, -0.25) is 0 Å². The van der Waals surface area contributed by atoms with Crippen LogP contribution in [0.25, 0.3) is 0 Å². The van der Waals surface area contributed by atoms with Crippen molar-refractivity contribution in [2.24, 2.45) is 0 Å². The first kappa shape index (κ1) is 16.0. The Kier molecular flexibility index (Phi) is 4.70. The number of carbonyl (C=O) groups is 1. The zero-order chi connectivity index (χ0) is 15.6. The predicted octanol–water partition coefficient (Wildman–Crippen LogP) is 3.45. The van der Waals surface area contributed by atoms with Crippen molar-refractivity contribution in [2.45, 2.75) is 15.6 Å². The van der Waals surface area contributed by atoms with Crippen LogP contribution in [0.1, 0.15) is 4.88 Å². The van der Waals surface area contributed by atoms with Crippen molar-refractivity contribution in [3.63, 3.8) is 0 Å². The number of hydrogen-bond donors (Lipinski definition) is 1. The van der Waals surface area contributed by atoms with Gasteiger partial charge >= 0.3 is 6.09 Å². The molecule has 0 unspecified atom stereocenters. The van der Waals surface area contributed by atoms with Gasteiger partial charge < -0.3 is 10.0 Å². The highest BCUT2D eigenvalue weighted by Gasteiger charge is 2.24. The maximum Gasteiger partial charge on any atom is 0.407 e. The number of halogens is 1. The summed E-state index contributed by atoms with van der Waals surface area (Å²) in [5.74, 6) is 0. The minimum atomic E-state index is -3.60. The van der Waals surface area contributed by atoms with Crippen molar-refractivity contribution in [2.75, 3.05) is 7.05 Å². The smallest absolute Gasteiger partial charge is 0.407 e. The molecule has 1 aromatic heterocycles. The second-order valence-corrected chi connectivity index (χ2v) is 8.44. The van der Waals surface area contributed by atoms with Crippen LogP contribution in [0.4, 0.5) is 4.79 Å². The molecule has 8 heteroatoms. The van der Waals surface area contributed by atoms with E-state index in [0.29, 0.717) is 9.35 Å². The lowest BCUT2D eigenvalue weighted by molar-refractivity contribution is 0.154. The third-order valence-electron chi connectivity index (χ3n) is 2.72. The van der Waals surface area contributed by atoms with Crippen LogP contribution in [0.5, 0.6) is 0 Å². The second-order valence-electron chi connectivity index (χ2n) is 4.30. The Morgan fingerprint density at radius 2 is 1.95 bits per heavy atom. The van der Waals surface area contributed by atoms with E-state index < -0.39 is 15.9 Å². The highest BCUT2D eigenvalue weighted by atomic mass is 79.9. The summed E-state index contributed by atoms with van der Waals surface area (Å²) in [5, 5.41) is 8.86. The average Bonchev–Trinajstić information content (AvgIpc) is 2.81. The molecule has 2 rings (SSSR count). The Labute approximate surface area is 134 Å². The van der Waals surface area contributed by atoms with Gasteiger partial charge in [-0.05, 0) is 34.1 Å². The normalized spacial score (nSPS) is 11.3. The van der Waals surface area contributed by atoms with Gasteiger partial charge in [0.15, 0.2) is 0 Å². The molecule has 1 heterocycles. The third-order valence-corrected chi connectivity index (χ3v) is 7.30. The Hall–Kier alpha value is -1.38. The van der Waals surface area contributed by atoms with E-state index in [-0.39, 0.29) is 15.6 Å². The first-order chi connectivity index (χ1) is 9.82. The maximum absolute atomic E-state index is 12.5. The maximum atomic E-state index is 12.5. The van der Waals surface area contributed by atoms with E-state index in [1.54, 1.807) is 24.3 Å². The number of sulfone groups is 1. The van der Waals surface area contributed by atoms with Gasteiger partial charge in [-0.2, -0.15) is 0 Å². The first-order valence-electron chi connectivity index (χ1n) is 5.85. The van der Waals surface area contributed by atoms with Gasteiger partial charge in [0.2, 0.25) is 9.84 Å². The van der Waals surface area contributed by atoms with Crippen LogP contribution in [-0.4, -0.2) is 31.6 Å². The molecule has 112 valence electrons. The highest BCUT2D eigenvalue weighted by Crippen LogP contribution is 2.35. The van der Waals surface area contributed by atoms with Crippen molar-refractivity contribution in [1.29, 1.82) is 0 Å². The van der Waals surface area contributed by atoms with Crippen molar-refractivity contribution in [3.05, 3.63) is 45.7 Å². The van der Waals surface area contributed by atoms with Crippen molar-refractivity contribution in [3.8, 4) is 0 Å². The molecule has 0 saturated carbocycles. The fourth-order valence-corrected chi connectivity index (χ4v) is 5.90. The minimum Gasteiger partial charge on any atom is -0.465 e. The van der Waals surface area contributed by atoms with Crippen LogP contribution < -0.4 is 0 Å². The number of carboxylic acid groups (broad SMARTS) is 1. The van der Waals surface area contributed by atoms with Crippen LogP contribution in [0.3, 0.4) is 0 Å². The Balaban J connectivity index is 2.38. The van der Waals surface area contributed by atoms with Crippen LogP contribution in [0, 0.1) is 0 Å². The lowest BCUT2D eigenvalue weighted by Gasteiger charge is -2.10. The zero-order valence-electron chi connectivity index (χ0n) is 11.0. The van der Waals surface area contributed by atoms with E-state index in [1.165, 1.54) is 19.2 Å². The molecule has 1 N–H and O–H groups in total. The lowest BCUT2D eigenvalue weighted by Crippen LogP contribution is -2.23. The second kappa shape index (κ2) is 6.17. The Morgan fingerprint density at radius 3 is 2.52 bits per heavy atom. The van der Waals surface area contributed by atoms with E-state index in [4.69, 9.17) is 5.11 Å². The van der Waals surface area contributed by atoms with Gasteiger partial charge in [0.25, 0.3) is 0 Å². The lowest BCUT2D eigenvalue weighted by atomic mass is 10.4. The van der Waals surface area contributed by atoms with Crippen LogP contribution in [-0.2, 0) is 16.4 Å². The molecule has 0 radical (unpaired) electrons. The monoisotopic (exact) mass is 389 g/mol. The molecule has 0 fully saturated rings. The number of hydrogen-bond acceptors (Lipinski definition) is 4. The van der Waals surface area contributed by atoms with E-state index in [9.17, 15) is 13.2 Å². The number of rotatable bonds is 4. The van der Waals surface area contributed by atoms with E-state index in [0.717, 1.165) is 16.2 Å². The summed E-state index contributed by atoms with van der Waals surface area (Å²) in [4.78, 5) is 12.8. The molecule has 0 saturated heterocycles. The van der Waals surface area contributed by atoms with Crippen LogP contribution in [0.2, 0.25) is 0 Å². The van der Waals surface area contributed by atoms with E-state index in [2.05, 4.69) is 15.9 Å². The molecule has 0 bridgehead atoms. The average molecular weight is 390 g/mol. The van der Waals surface area contributed by atoms with Crippen molar-refractivity contribution >= 4 is 43.2 Å².